The number of hydrogen-bond acceptors (Lipinski definition) is 4. The number of methoxy groups -OCH3 is 1. The van der Waals surface area contributed by atoms with Crippen molar-refractivity contribution in [2.45, 2.75) is 32.4 Å². The standard InChI is InChI=1S/C14H18BrN3O2/c1-9(2)18-14(16-8-17-18)7-12(19)11-6-10(15)4-5-13(11)20-3/h4-6,8-9,12,19H,7H2,1-3H3. The number of aliphatic hydroxyl groups is 1. The third-order valence-electron chi connectivity index (χ3n) is 3.06. The molecule has 0 aliphatic carbocycles. The van der Waals surface area contributed by atoms with Crippen molar-refractivity contribution >= 4 is 15.9 Å². The van der Waals surface area contributed by atoms with Gasteiger partial charge in [-0.2, -0.15) is 5.10 Å². The second-order valence-corrected chi connectivity index (χ2v) is 5.74. The first-order valence-electron chi connectivity index (χ1n) is 6.42. The van der Waals surface area contributed by atoms with Gasteiger partial charge in [-0.05, 0) is 32.0 Å². The van der Waals surface area contributed by atoms with Gasteiger partial charge in [-0.25, -0.2) is 9.67 Å². The summed E-state index contributed by atoms with van der Waals surface area (Å²) in [6.45, 7) is 4.06. The molecule has 0 fully saturated rings. The van der Waals surface area contributed by atoms with Gasteiger partial charge in [-0.15, -0.1) is 0 Å². The lowest BCUT2D eigenvalue weighted by atomic mass is 10.1. The van der Waals surface area contributed by atoms with E-state index in [1.54, 1.807) is 7.11 Å². The van der Waals surface area contributed by atoms with Gasteiger partial charge in [0.1, 0.15) is 17.9 Å². The van der Waals surface area contributed by atoms with E-state index in [9.17, 15) is 5.11 Å². The molecule has 0 spiro atoms. The van der Waals surface area contributed by atoms with E-state index in [1.165, 1.54) is 6.33 Å². The van der Waals surface area contributed by atoms with E-state index in [1.807, 2.05) is 36.7 Å². The van der Waals surface area contributed by atoms with E-state index >= 15 is 0 Å². The monoisotopic (exact) mass is 339 g/mol. The van der Waals surface area contributed by atoms with Gasteiger partial charge >= 0.3 is 0 Å². The molecular weight excluding hydrogens is 322 g/mol. The van der Waals surface area contributed by atoms with E-state index in [0.717, 1.165) is 15.9 Å². The van der Waals surface area contributed by atoms with Crippen LogP contribution in [-0.4, -0.2) is 27.0 Å². The third-order valence-corrected chi connectivity index (χ3v) is 3.56. The zero-order chi connectivity index (χ0) is 14.7. The summed E-state index contributed by atoms with van der Waals surface area (Å²) in [4.78, 5) is 4.22. The van der Waals surface area contributed by atoms with Crippen molar-refractivity contribution in [3.8, 4) is 5.75 Å². The highest BCUT2D eigenvalue weighted by molar-refractivity contribution is 9.10. The molecule has 1 N–H and O–H groups in total. The van der Waals surface area contributed by atoms with Gasteiger partial charge in [-0.1, -0.05) is 15.9 Å². The Morgan fingerprint density at radius 2 is 2.15 bits per heavy atom. The van der Waals surface area contributed by atoms with Crippen molar-refractivity contribution < 1.29 is 9.84 Å². The molecule has 1 aromatic heterocycles. The normalized spacial score (nSPS) is 12.7. The average molecular weight is 340 g/mol. The lowest BCUT2D eigenvalue weighted by Crippen LogP contribution is -2.12. The van der Waals surface area contributed by atoms with Crippen molar-refractivity contribution in [1.82, 2.24) is 14.8 Å². The number of aromatic nitrogens is 3. The first-order chi connectivity index (χ1) is 9.52. The van der Waals surface area contributed by atoms with Gasteiger partial charge in [0.25, 0.3) is 0 Å². The molecule has 0 saturated carbocycles. The second-order valence-electron chi connectivity index (χ2n) is 4.82. The molecule has 1 unspecified atom stereocenters. The average Bonchev–Trinajstić information content (AvgIpc) is 2.87. The van der Waals surface area contributed by atoms with Gasteiger partial charge in [0.05, 0.1) is 13.2 Å². The smallest absolute Gasteiger partial charge is 0.138 e. The maximum atomic E-state index is 10.5. The fraction of sp³-hybridized carbons (Fsp3) is 0.429. The molecule has 0 saturated heterocycles. The minimum Gasteiger partial charge on any atom is -0.496 e. The topological polar surface area (TPSA) is 60.2 Å². The molecule has 5 nitrogen and oxygen atoms in total. The van der Waals surface area contributed by atoms with Crippen LogP contribution in [0.5, 0.6) is 5.75 Å². The van der Waals surface area contributed by atoms with Crippen LogP contribution in [0, 0.1) is 0 Å². The molecule has 1 atom stereocenters. The summed E-state index contributed by atoms with van der Waals surface area (Å²) in [5.74, 6) is 1.42. The van der Waals surface area contributed by atoms with Crippen LogP contribution in [0.4, 0.5) is 0 Å². The van der Waals surface area contributed by atoms with Gasteiger partial charge < -0.3 is 9.84 Å². The van der Waals surface area contributed by atoms with Crippen molar-refractivity contribution in [1.29, 1.82) is 0 Å². The Hall–Kier alpha value is -1.40. The molecule has 0 aliphatic heterocycles. The minimum atomic E-state index is -0.691. The SMILES string of the molecule is COc1ccc(Br)cc1C(O)Cc1ncnn1C(C)C. The molecular formula is C14H18BrN3O2. The summed E-state index contributed by atoms with van der Waals surface area (Å²) in [5.41, 5.74) is 0.736. The number of aliphatic hydroxyl groups excluding tert-OH is 1. The van der Waals surface area contributed by atoms with E-state index in [4.69, 9.17) is 4.74 Å². The van der Waals surface area contributed by atoms with Crippen LogP contribution in [0.3, 0.4) is 0 Å². The van der Waals surface area contributed by atoms with Crippen molar-refractivity contribution in [3.05, 3.63) is 40.4 Å². The van der Waals surface area contributed by atoms with Crippen LogP contribution in [0.1, 0.15) is 37.4 Å². The van der Waals surface area contributed by atoms with Gasteiger partial charge in [0.2, 0.25) is 0 Å². The molecule has 20 heavy (non-hydrogen) atoms. The Morgan fingerprint density at radius 1 is 1.40 bits per heavy atom. The molecule has 1 heterocycles. The number of hydrogen-bond donors (Lipinski definition) is 1. The highest BCUT2D eigenvalue weighted by atomic mass is 79.9. The number of ether oxygens (including phenoxy) is 1. The van der Waals surface area contributed by atoms with Crippen LogP contribution in [-0.2, 0) is 6.42 Å². The van der Waals surface area contributed by atoms with Gasteiger partial charge in [-0.3, -0.25) is 0 Å². The first-order valence-corrected chi connectivity index (χ1v) is 7.22. The quantitative estimate of drug-likeness (QED) is 0.909. The number of rotatable bonds is 5. The number of nitrogens with zero attached hydrogens (tertiary/aromatic N) is 3. The molecule has 6 heteroatoms. The van der Waals surface area contributed by atoms with Crippen molar-refractivity contribution in [2.24, 2.45) is 0 Å². The Kier molecular flexibility index (Phi) is 4.77. The third kappa shape index (κ3) is 3.19. The molecule has 0 aliphatic rings. The molecule has 2 rings (SSSR count). The van der Waals surface area contributed by atoms with E-state index < -0.39 is 6.10 Å². The van der Waals surface area contributed by atoms with E-state index in [-0.39, 0.29) is 6.04 Å². The van der Waals surface area contributed by atoms with Crippen molar-refractivity contribution in [3.63, 3.8) is 0 Å². The Labute approximate surface area is 126 Å². The van der Waals surface area contributed by atoms with Crippen molar-refractivity contribution in [2.75, 3.05) is 7.11 Å². The van der Waals surface area contributed by atoms with E-state index in [0.29, 0.717) is 12.2 Å². The predicted molar refractivity (Wildman–Crippen MR) is 79.8 cm³/mol. The van der Waals surface area contributed by atoms with Crippen LogP contribution in [0.25, 0.3) is 0 Å². The fourth-order valence-corrected chi connectivity index (χ4v) is 2.48. The maximum absolute atomic E-state index is 10.5. The number of benzene rings is 1. The Balaban J connectivity index is 2.26. The highest BCUT2D eigenvalue weighted by Crippen LogP contribution is 2.30. The minimum absolute atomic E-state index is 0.212. The lowest BCUT2D eigenvalue weighted by molar-refractivity contribution is 0.169. The second kappa shape index (κ2) is 6.37. The summed E-state index contributed by atoms with van der Waals surface area (Å²) in [6.07, 6.45) is 1.22. The van der Waals surface area contributed by atoms with Gasteiger partial charge in [0.15, 0.2) is 0 Å². The summed E-state index contributed by atoms with van der Waals surface area (Å²) in [6, 6.07) is 5.78. The largest absolute Gasteiger partial charge is 0.496 e. The molecule has 0 bridgehead atoms. The molecule has 0 amide bonds. The molecule has 1 aromatic carbocycles. The zero-order valence-corrected chi connectivity index (χ0v) is 13.3. The molecule has 2 aromatic rings. The molecule has 0 radical (unpaired) electrons. The zero-order valence-electron chi connectivity index (χ0n) is 11.7. The highest BCUT2D eigenvalue weighted by Gasteiger charge is 2.18. The summed E-state index contributed by atoms with van der Waals surface area (Å²) in [5, 5.41) is 14.6. The molecule has 108 valence electrons. The summed E-state index contributed by atoms with van der Waals surface area (Å²) < 4.78 is 8.01. The Morgan fingerprint density at radius 3 is 2.80 bits per heavy atom. The van der Waals surface area contributed by atoms with Crippen LogP contribution in [0.15, 0.2) is 29.0 Å². The summed E-state index contributed by atoms with van der Waals surface area (Å²) >= 11 is 3.41. The van der Waals surface area contributed by atoms with Crippen LogP contribution >= 0.6 is 15.9 Å². The first kappa shape index (κ1) is 15.0. The fourth-order valence-electron chi connectivity index (χ4n) is 2.10. The summed E-state index contributed by atoms with van der Waals surface area (Å²) in [7, 11) is 1.59. The van der Waals surface area contributed by atoms with Gasteiger partial charge in [0, 0.05) is 22.5 Å². The van der Waals surface area contributed by atoms with E-state index in [2.05, 4.69) is 26.0 Å². The van der Waals surface area contributed by atoms with Crippen LogP contribution in [0.2, 0.25) is 0 Å². The maximum Gasteiger partial charge on any atom is 0.138 e. The Bertz CT molecular complexity index is 584. The predicted octanol–water partition coefficient (Wildman–Crippen LogP) is 2.91. The number of halogens is 1. The van der Waals surface area contributed by atoms with Crippen LogP contribution < -0.4 is 4.74 Å². The lowest BCUT2D eigenvalue weighted by Gasteiger charge is -2.16.